The van der Waals surface area contributed by atoms with E-state index in [0.717, 1.165) is 31.9 Å². The largest absolute Gasteiger partial charge is 0.464 e. The number of nitrogens with one attached hydrogen (secondary N) is 1. The average molecular weight is 278 g/mol. The molecule has 2 heterocycles. The van der Waals surface area contributed by atoms with E-state index in [4.69, 9.17) is 4.74 Å². The van der Waals surface area contributed by atoms with Crippen molar-refractivity contribution >= 4 is 5.97 Å². The quantitative estimate of drug-likeness (QED) is 0.808. The Labute approximate surface area is 119 Å². The second kappa shape index (κ2) is 6.28. The lowest BCUT2D eigenvalue weighted by Gasteiger charge is -2.41. The first kappa shape index (κ1) is 14.9. The Kier molecular flexibility index (Phi) is 4.67. The molecule has 1 atom stereocenters. The maximum atomic E-state index is 12.6. The van der Waals surface area contributed by atoms with Crippen LogP contribution in [0.3, 0.4) is 0 Å². The van der Waals surface area contributed by atoms with Crippen LogP contribution in [0.25, 0.3) is 0 Å². The predicted molar refractivity (Wildman–Crippen MR) is 75.2 cm³/mol. The Morgan fingerprint density at radius 1 is 1.40 bits per heavy atom. The van der Waals surface area contributed by atoms with Gasteiger partial charge in [0.15, 0.2) is 5.54 Å². The fourth-order valence-electron chi connectivity index (χ4n) is 2.64. The van der Waals surface area contributed by atoms with Gasteiger partial charge in [0.25, 0.3) is 0 Å². The highest BCUT2D eigenvalue weighted by Crippen LogP contribution is 2.30. The summed E-state index contributed by atoms with van der Waals surface area (Å²) in [6, 6.07) is 0. The van der Waals surface area contributed by atoms with Crippen LogP contribution < -0.4 is 5.32 Å². The van der Waals surface area contributed by atoms with Gasteiger partial charge in [0.2, 0.25) is 0 Å². The number of hydrogen-bond acceptors (Lipinski definition) is 6. The molecule has 0 aliphatic carbocycles. The van der Waals surface area contributed by atoms with Crippen molar-refractivity contribution in [2.75, 3.05) is 32.8 Å². The first-order chi connectivity index (χ1) is 9.60. The minimum atomic E-state index is -0.879. The van der Waals surface area contributed by atoms with Crippen LogP contribution >= 0.6 is 0 Å². The molecule has 1 aromatic heterocycles. The zero-order valence-corrected chi connectivity index (χ0v) is 12.3. The minimum Gasteiger partial charge on any atom is -0.464 e. The summed E-state index contributed by atoms with van der Waals surface area (Å²) < 4.78 is 5.30. The second-order valence-corrected chi connectivity index (χ2v) is 5.02. The molecule has 6 heteroatoms. The molecule has 1 fully saturated rings. The van der Waals surface area contributed by atoms with Crippen LogP contribution in [0.15, 0.2) is 12.4 Å². The standard InChI is InChI=1S/C14H22N4O2/c1-4-20-13(19)14(3,18-9-7-15-8-10-18)12-11(2)16-5-6-17-12/h5-6,15H,4,7-10H2,1-3H3. The average Bonchev–Trinajstić information content (AvgIpc) is 2.48. The molecule has 1 aliphatic rings. The van der Waals surface area contributed by atoms with Crippen LogP contribution in [0.2, 0.25) is 0 Å². The van der Waals surface area contributed by atoms with Crippen molar-refractivity contribution in [3.8, 4) is 0 Å². The monoisotopic (exact) mass is 278 g/mol. The number of rotatable bonds is 4. The topological polar surface area (TPSA) is 67.3 Å². The van der Waals surface area contributed by atoms with E-state index in [1.165, 1.54) is 0 Å². The summed E-state index contributed by atoms with van der Waals surface area (Å²) in [5, 5.41) is 3.29. The lowest BCUT2D eigenvalue weighted by Crippen LogP contribution is -2.57. The van der Waals surface area contributed by atoms with Gasteiger partial charge in [-0.05, 0) is 20.8 Å². The molecule has 0 radical (unpaired) electrons. The lowest BCUT2D eigenvalue weighted by atomic mass is 9.92. The molecule has 20 heavy (non-hydrogen) atoms. The highest BCUT2D eigenvalue weighted by molar-refractivity contribution is 5.82. The van der Waals surface area contributed by atoms with E-state index in [0.29, 0.717) is 12.3 Å². The Balaban J connectivity index is 2.42. The van der Waals surface area contributed by atoms with E-state index in [1.54, 1.807) is 12.4 Å². The van der Waals surface area contributed by atoms with E-state index < -0.39 is 5.54 Å². The Morgan fingerprint density at radius 2 is 2.05 bits per heavy atom. The fourth-order valence-corrected chi connectivity index (χ4v) is 2.64. The van der Waals surface area contributed by atoms with Crippen LogP contribution in [0.4, 0.5) is 0 Å². The molecule has 0 spiro atoms. The zero-order chi connectivity index (χ0) is 14.6. The van der Waals surface area contributed by atoms with E-state index in [9.17, 15) is 4.79 Å². The number of aryl methyl sites for hydroxylation is 1. The van der Waals surface area contributed by atoms with Crippen LogP contribution in [0, 0.1) is 6.92 Å². The normalized spacial score (nSPS) is 19.4. The van der Waals surface area contributed by atoms with Crippen molar-refractivity contribution in [1.29, 1.82) is 0 Å². The molecule has 6 nitrogen and oxygen atoms in total. The zero-order valence-electron chi connectivity index (χ0n) is 12.3. The van der Waals surface area contributed by atoms with Crippen LogP contribution in [-0.2, 0) is 15.1 Å². The summed E-state index contributed by atoms with van der Waals surface area (Å²) in [6.07, 6.45) is 3.27. The second-order valence-electron chi connectivity index (χ2n) is 5.02. The molecule has 110 valence electrons. The maximum Gasteiger partial charge on any atom is 0.332 e. The summed E-state index contributed by atoms with van der Waals surface area (Å²) in [5.74, 6) is -0.259. The van der Waals surface area contributed by atoms with Crippen LogP contribution in [-0.4, -0.2) is 53.6 Å². The molecule has 1 unspecified atom stereocenters. The molecular weight excluding hydrogens is 256 g/mol. The van der Waals surface area contributed by atoms with Crippen molar-refractivity contribution in [1.82, 2.24) is 20.2 Å². The van der Waals surface area contributed by atoms with Gasteiger partial charge in [0, 0.05) is 38.6 Å². The van der Waals surface area contributed by atoms with Crippen molar-refractivity contribution in [3.63, 3.8) is 0 Å². The molecular formula is C14H22N4O2. The van der Waals surface area contributed by atoms with Crippen molar-refractivity contribution in [2.45, 2.75) is 26.3 Å². The summed E-state index contributed by atoms with van der Waals surface area (Å²) in [4.78, 5) is 23.4. The Bertz CT molecular complexity index is 474. The summed E-state index contributed by atoms with van der Waals surface area (Å²) in [5.41, 5.74) is 0.568. The van der Waals surface area contributed by atoms with Crippen LogP contribution in [0.1, 0.15) is 25.2 Å². The summed E-state index contributed by atoms with van der Waals surface area (Å²) in [6.45, 7) is 9.22. The molecule has 1 aliphatic heterocycles. The van der Waals surface area contributed by atoms with Crippen molar-refractivity contribution in [2.24, 2.45) is 0 Å². The number of carbonyl (C=O) groups excluding carboxylic acids is 1. The Morgan fingerprint density at radius 3 is 2.65 bits per heavy atom. The third-order valence-electron chi connectivity index (χ3n) is 3.76. The minimum absolute atomic E-state index is 0.259. The van der Waals surface area contributed by atoms with Gasteiger partial charge in [0.05, 0.1) is 18.0 Å². The molecule has 1 N–H and O–H groups in total. The number of nitrogens with zero attached hydrogens (tertiary/aromatic N) is 3. The van der Waals surface area contributed by atoms with E-state index >= 15 is 0 Å². The molecule has 2 rings (SSSR count). The number of ether oxygens (including phenoxy) is 1. The third kappa shape index (κ3) is 2.66. The van der Waals surface area contributed by atoms with E-state index in [-0.39, 0.29) is 5.97 Å². The van der Waals surface area contributed by atoms with Crippen molar-refractivity contribution < 1.29 is 9.53 Å². The molecule has 1 aromatic rings. The van der Waals surface area contributed by atoms with Gasteiger partial charge in [-0.1, -0.05) is 0 Å². The predicted octanol–water partition coefficient (Wildman–Crippen LogP) is 0.469. The summed E-state index contributed by atoms with van der Waals surface area (Å²) in [7, 11) is 0. The van der Waals surface area contributed by atoms with Gasteiger partial charge in [0.1, 0.15) is 0 Å². The molecule has 0 amide bonds. The molecule has 0 aromatic carbocycles. The number of piperazine rings is 1. The highest BCUT2D eigenvalue weighted by atomic mass is 16.5. The van der Waals surface area contributed by atoms with Crippen molar-refractivity contribution in [3.05, 3.63) is 23.8 Å². The Hall–Kier alpha value is -1.53. The highest BCUT2D eigenvalue weighted by Gasteiger charge is 2.45. The maximum absolute atomic E-state index is 12.6. The smallest absolute Gasteiger partial charge is 0.332 e. The number of aromatic nitrogens is 2. The van der Waals surface area contributed by atoms with Gasteiger partial charge in [-0.25, -0.2) is 4.79 Å². The van der Waals surface area contributed by atoms with Gasteiger partial charge < -0.3 is 10.1 Å². The molecule has 0 saturated carbocycles. The molecule has 1 saturated heterocycles. The number of carbonyl (C=O) groups is 1. The first-order valence-corrected chi connectivity index (χ1v) is 7.01. The van der Waals surface area contributed by atoms with Gasteiger partial charge in [-0.2, -0.15) is 0 Å². The van der Waals surface area contributed by atoms with Gasteiger partial charge >= 0.3 is 5.97 Å². The summed E-state index contributed by atoms with van der Waals surface area (Å²) >= 11 is 0. The fraction of sp³-hybridized carbons (Fsp3) is 0.643. The number of hydrogen-bond donors (Lipinski definition) is 1. The SMILES string of the molecule is CCOC(=O)C(C)(c1nccnc1C)N1CCNCC1. The van der Waals surface area contributed by atoms with Crippen LogP contribution in [0.5, 0.6) is 0 Å². The third-order valence-corrected chi connectivity index (χ3v) is 3.76. The lowest BCUT2D eigenvalue weighted by molar-refractivity contribution is -0.158. The van der Waals surface area contributed by atoms with Gasteiger partial charge in [-0.3, -0.25) is 14.9 Å². The van der Waals surface area contributed by atoms with E-state index in [2.05, 4.69) is 20.2 Å². The number of esters is 1. The van der Waals surface area contributed by atoms with Gasteiger partial charge in [-0.15, -0.1) is 0 Å². The first-order valence-electron chi connectivity index (χ1n) is 7.01. The van der Waals surface area contributed by atoms with E-state index in [1.807, 2.05) is 20.8 Å². The molecule has 0 bridgehead atoms.